The fourth-order valence-electron chi connectivity index (χ4n) is 2.93. The highest BCUT2D eigenvalue weighted by Crippen LogP contribution is 2.31. The summed E-state index contributed by atoms with van der Waals surface area (Å²) in [6.07, 6.45) is 2.65. The average Bonchev–Trinajstić information content (AvgIpc) is 2.47. The second kappa shape index (κ2) is 7.58. The molecule has 0 atom stereocenters. The highest BCUT2D eigenvalue weighted by molar-refractivity contribution is 5.38. The van der Waals surface area contributed by atoms with E-state index in [1.165, 1.54) is 37.8 Å². The van der Waals surface area contributed by atoms with Crippen LogP contribution in [0, 0.1) is 23.7 Å². The van der Waals surface area contributed by atoms with Crippen molar-refractivity contribution in [3.63, 3.8) is 0 Å². The van der Waals surface area contributed by atoms with Crippen molar-refractivity contribution < 1.29 is 17.9 Å². The summed E-state index contributed by atoms with van der Waals surface area (Å²) in [6.45, 7) is 2.22. The molecule has 1 aromatic carbocycles. The normalized spacial score (nSPS) is 21.8. The molecule has 0 N–H and O–H groups in total. The van der Waals surface area contributed by atoms with Crippen molar-refractivity contribution in [3.8, 4) is 17.6 Å². The minimum Gasteiger partial charge on any atom is -0.406 e. The van der Waals surface area contributed by atoms with Gasteiger partial charge in [0.05, 0.1) is 0 Å². The first kappa shape index (κ1) is 16.7. The first-order valence-corrected chi connectivity index (χ1v) is 7.83. The molecule has 120 valence electrons. The molecule has 22 heavy (non-hydrogen) atoms. The Balaban J connectivity index is 1.87. The van der Waals surface area contributed by atoms with Crippen molar-refractivity contribution in [2.75, 3.05) is 0 Å². The highest BCUT2D eigenvalue weighted by Gasteiger charge is 2.30. The predicted molar refractivity (Wildman–Crippen MR) is 80.4 cm³/mol. The van der Waals surface area contributed by atoms with Crippen LogP contribution in [0.1, 0.15) is 51.0 Å². The molecule has 4 heteroatoms. The molecule has 0 aromatic heterocycles. The summed E-state index contributed by atoms with van der Waals surface area (Å²) in [7, 11) is 0. The molecule has 1 saturated carbocycles. The molecule has 1 aromatic rings. The maximum absolute atomic E-state index is 12.1. The maximum Gasteiger partial charge on any atom is 0.573 e. The third-order valence-electron chi connectivity index (χ3n) is 4.05. The summed E-state index contributed by atoms with van der Waals surface area (Å²) < 4.78 is 40.0. The van der Waals surface area contributed by atoms with Gasteiger partial charge in [0.15, 0.2) is 0 Å². The minimum atomic E-state index is -4.65. The summed E-state index contributed by atoms with van der Waals surface area (Å²) in [4.78, 5) is 0. The van der Waals surface area contributed by atoms with Crippen LogP contribution >= 0.6 is 0 Å². The van der Waals surface area contributed by atoms with Gasteiger partial charge >= 0.3 is 6.36 Å². The van der Waals surface area contributed by atoms with E-state index in [0.29, 0.717) is 5.92 Å². The largest absolute Gasteiger partial charge is 0.573 e. The first-order chi connectivity index (χ1) is 10.5. The third-order valence-corrected chi connectivity index (χ3v) is 4.05. The van der Waals surface area contributed by atoms with Crippen LogP contribution in [0.25, 0.3) is 0 Å². The number of hydrogen-bond acceptors (Lipinski definition) is 1. The Kier molecular flexibility index (Phi) is 5.76. The van der Waals surface area contributed by atoms with Crippen LogP contribution < -0.4 is 4.74 Å². The van der Waals surface area contributed by atoms with Gasteiger partial charge in [0.1, 0.15) is 5.75 Å². The third kappa shape index (κ3) is 5.63. The Labute approximate surface area is 129 Å². The summed E-state index contributed by atoms with van der Waals surface area (Å²) in [5.41, 5.74) is 0.727. The quantitative estimate of drug-likeness (QED) is 0.666. The van der Waals surface area contributed by atoms with Crippen molar-refractivity contribution in [3.05, 3.63) is 29.8 Å². The van der Waals surface area contributed by atoms with E-state index >= 15 is 0 Å². The summed E-state index contributed by atoms with van der Waals surface area (Å²) in [5, 5.41) is 0. The van der Waals surface area contributed by atoms with Crippen molar-refractivity contribution in [2.45, 2.75) is 51.8 Å². The topological polar surface area (TPSA) is 9.23 Å². The van der Waals surface area contributed by atoms with Gasteiger partial charge in [0.2, 0.25) is 0 Å². The SMILES string of the molecule is CCCC1CCC(C#Cc2ccc(OC(F)(F)F)cc2)CC1. The lowest BCUT2D eigenvalue weighted by atomic mass is 9.80. The highest BCUT2D eigenvalue weighted by atomic mass is 19.4. The van der Waals surface area contributed by atoms with Gasteiger partial charge in [0.25, 0.3) is 0 Å². The lowest BCUT2D eigenvalue weighted by Crippen LogP contribution is -2.16. The standard InChI is InChI=1S/C18H21F3O/c1-2-3-14-4-6-15(7-5-14)8-9-16-10-12-17(13-11-16)22-18(19,20)21/h10-15H,2-7H2,1H3. The van der Waals surface area contributed by atoms with Crippen molar-refractivity contribution in [2.24, 2.45) is 11.8 Å². The zero-order chi connectivity index (χ0) is 16.0. The molecule has 0 aliphatic heterocycles. The Hall–Kier alpha value is -1.63. The molecule has 0 amide bonds. The van der Waals surface area contributed by atoms with Crippen LogP contribution in [0.2, 0.25) is 0 Å². The minimum absolute atomic E-state index is 0.210. The second-order valence-corrected chi connectivity index (χ2v) is 5.85. The lowest BCUT2D eigenvalue weighted by molar-refractivity contribution is -0.274. The first-order valence-electron chi connectivity index (χ1n) is 7.83. The second-order valence-electron chi connectivity index (χ2n) is 5.85. The van der Waals surface area contributed by atoms with Crippen LogP contribution in [0.3, 0.4) is 0 Å². The Morgan fingerprint density at radius 3 is 2.27 bits per heavy atom. The number of benzene rings is 1. The molecule has 0 radical (unpaired) electrons. The summed E-state index contributed by atoms with van der Waals surface area (Å²) >= 11 is 0. The van der Waals surface area contributed by atoms with E-state index in [1.807, 2.05) is 0 Å². The van der Waals surface area contributed by atoms with E-state index in [0.717, 1.165) is 24.3 Å². The molecule has 1 fully saturated rings. The van der Waals surface area contributed by atoms with Gasteiger partial charge in [-0.15, -0.1) is 13.2 Å². The number of hydrogen-bond donors (Lipinski definition) is 0. The van der Waals surface area contributed by atoms with Crippen LogP contribution in [0.4, 0.5) is 13.2 Å². The molecule has 0 saturated heterocycles. The van der Waals surface area contributed by atoms with Gasteiger partial charge < -0.3 is 4.74 Å². The Bertz CT molecular complexity index is 514. The molecule has 1 nitrogen and oxygen atoms in total. The van der Waals surface area contributed by atoms with Crippen LogP contribution in [0.15, 0.2) is 24.3 Å². The van der Waals surface area contributed by atoms with Crippen molar-refractivity contribution >= 4 is 0 Å². The fraction of sp³-hybridized carbons (Fsp3) is 0.556. The molecular formula is C18H21F3O. The zero-order valence-electron chi connectivity index (χ0n) is 12.7. The number of ether oxygens (including phenoxy) is 1. The van der Waals surface area contributed by atoms with E-state index in [1.54, 1.807) is 12.1 Å². The van der Waals surface area contributed by atoms with E-state index in [-0.39, 0.29) is 5.75 Å². The summed E-state index contributed by atoms with van der Waals surface area (Å²) in [6, 6.07) is 5.73. The fourth-order valence-corrected chi connectivity index (χ4v) is 2.93. The van der Waals surface area contributed by atoms with Crippen LogP contribution in [-0.2, 0) is 0 Å². The molecule has 0 bridgehead atoms. The molecular weight excluding hydrogens is 289 g/mol. The van der Waals surface area contributed by atoms with Gasteiger partial charge in [0, 0.05) is 11.5 Å². The number of alkyl halides is 3. The molecule has 2 rings (SSSR count). The van der Waals surface area contributed by atoms with Crippen molar-refractivity contribution in [1.29, 1.82) is 0 Å². The van der Waals surface area contributed by atoms with Crippen molar-refractivity contribution in [1.82, 2.24) is 0 Å². The van der Waals surface area contributed by atoms with Crippen LogP contribution in [0.5, 0.6) is 5.75 Å². The Morgan fingerprint density at radius 2 is 1.73 bits per heavy atom. The van der Waals surface area contributed by atoms with E-state index < -0.39 is 6.36 Å². The van der Waals surface area contributed by atoms with E-state index in [4.69, 9.17) is 0 Å². The van der Waals surface area contributed by atoms with E-state index in [2.05, 4.69) is 23.5 Å². The molecule has 1 aliphatic carbocycles. The van der Waals surface area contributed by atoms with Gasteiger partial charge in [-0.1, -0.05) is 31.6 Å². The summed E-state index contributed by atoms with van der Waals surface area (Å²) in [5.74, 6) is 7.37. The number of halogens is 3. The Morgan fingerprint density at radius 1 is 1.09 bits per heavy atom. The van der Waals surface area contributed by atoms with Gasteiger partial charge in [-0.05, 0) is 55.9 Å². The molecule has 0 unspecified atom stereocenters. The monoisotopic (exact) mass is 310 g/mol. The van der Waals surface area contributed by atoms with Gasteiger partial charge in [-0.2, -0.15) is 0 Å². The lowest BCUT2D eigenvalue weighted by Gasteiger charge is -2.25. The smallest absolute Gasteiger partial charge is 0.406 e. The van der Waals surface area contributed by atoms with Gasteiger partial charge in [-0.3, -0.25) is 0 Å². The van der Waals surface area contributed by atoms with E-state index in [9.17, 15) is 13.2 Å². The molecule has 0 heterocycles. The average molecular weight is 310 g/mol. The maximum atomic E-state index is 12.1. The predicted octanol–water partition coefficient (Wildman–Crippen LogP) is 5.54. The van der Waals surface area contributed by atoms with Gasteiger partial charge in [-0.25, -0.2) is 0 Å². The van der Waals surface area contributed by atoms with Crippen LogP contribution in [-0.4, -0.2) is 6.36 Å². The molecule has 0 spiro atoms. The zero-order valence-corrected chi connectivity index (χ0v) is 12.7. The molecule has 1 aliphatic rings. The number of rotatable bonds is 3.